The number of alkyl halides is 3. The number of aromatic hydroxyl groups is 1. The van der Waals surface area contributed by atoms with Crippen LogP contribution in [0, 0.1) is 12.8 Å². The van der Waals surface area contributed by atoms with Gasteiger partial charge in [-0.3, -0.25) is 14.4 Å². The third kappa shape index (κ3) is 4.03. The van der Waals surface area contributed by atoms with Gasteiger partial charge in [0.1, 0.15) is 12.3 Å². The predicted molar refractivity (Wildman–Crippen MR) is 129 cm³/mol. The standard InChI is InChI=1S/C27H33F3N4O3/c1-17-14-34(31-24(17)27(28,29)30)16-23(36)32-9-6-25-7-10-33(15-18-2-3-18)22(26(25,37)8-11-32)12-19-4-5-20(35)13-21(19)25/h4-5,13-14,18,22,35,37H,2-3,6-12,15-16H2,1H3/t22-,25+,26-/m1/s1. The SMILES string of the molecule is Cc1cn(CC(=O)N2CC[C@]34CCN(CC5CC5)[C@H](Cc5ccc(O)cc53)[C@]4(O)CC2)nc1C(F)(F)F. The van der Waals surface area contributed by atoms with Crippen LogP contribution in [0.25, 0.3) is 0 Å². The highest BCUT2D eigenvalue weighted by molar-refractivity contribution is 5.76. The molecule has 1 saturated carbocycles. The Labute approximate surface area is 213 Å². The highest BCUT2D eigenvalue weighted by atomic mass is 19.4. The van der Waals surface area contributed by atoms with E-state index in [1.807, 2.05) is 6.07 Å². The van der Waals surface area contributed by atoms with Gasteiger partial charge < -0.3 is 15.1 Å². The molecule has 2 saturated heterocycles. The highest BCUT2D eigenvalue weighted by Crippen LogP contribution is 2.56. The van der Waals surface area contributed by atoms with Crippen molar-refractivity contribution in [1.29, 1.82) is 0 Å². The largest absolute Gasteiger partial charge is 0.508 e. The fourth-order valence-electron chi connectivity index (χ4n) is 7.24. The number of carbonyl (C=O) groups excluding carboxylic acids is 1. The molecular formula is C27H33F3N4O3. The number of carbonyl (C=O) groups is 1. The van der Waals surface area contributed by atoms with E-state index in [9.17, 15) is 28.2 Å². The third-order valence-electron chi connectivity index (χ3n) is 9.29. The minimum absolute atomic E-state index is 0.0173. The Morgan fingerprint density at radius 2 is 1.89 bits per heavy atom. The predicted octanol–water partition coefficient (Wildman–Crippen LogP) is 3.25. The van der Waals surface area contributed by atoms with Gasteiger partial charge in [-0.1, -0.05) is 6.07 Å². The highest BCUT2D eigenvalue weighted by Gasteiger charge is 2.63. The number of phenolic OH excluding ortho intramolecular Hbond substituents is 1. The maximum atomic E-state index is 13.3. The van der Waals surface area contributed by atoms with Gasteiger partial charge in [0.05, 0.1) is 5.60 Å². The lowest BCUT2D eigenvalue weighted by Crippen LogP contribution is -2.71. The monoisotopic (exact) mass is 518 g/mol. The molecule has 0 radical (unpaired) electrons. The molecule has 0 spiro atoms. The number of rotatable bonds is 4. The van der Waals surface area contributed by atoms with Crippen molar-refractivity contribution in [2.45, 2.75) is 75.2 Å². The van der Waals surface area contributed by atoms with Crippen molar-refractivity contribution < 1.29 is 28.2 Å². The molecule has 3 heterocycles. The van der Waals surface area contributed by atoms with Crippen LogP contribution in [0.5, 0.6) is 5.75 Å². The van der Waals surface area contributed by atoms with Crippen molar-refractivity contribution in [3.05, 3.63) is 46.8 Å². The van der Waals surface area contributed by atoms with E-state index in [-0.39, 0.29) is 29.8 Å². The van der Waals surface area contributed by atoms with Crippen LogP contribution in [0.3, 0.4) is 0 Å². The summed E-state index contributed by atoms with van der Waals surface area (Å²) in [6.45, 7) is 3.60. The second kappa shape index (κ2) is 8.46. The molecule has 2 bridgehead atoms. The number of hydrogen-bond acceptors (Lipinski definition) is 5. The first kappa shape index (κ1) is 24.7. The molecule has 1 aromatic heterocycles. The molecule has 2 aliphatic carbocycles. The Balaban J connectivity index is 1.29. The topological polar surface area (TPSA) is 81.8 Å². The summed E-state index contributed by atoms with van der Waals surface area (Å²) in [6, 6.07) is 5.38. The van der Waals surface area contributed by atoms with E-state index < -0.39 is 22.9 Å². The lowest BCUT2D eigenvalue weighted by atomic mass is 9.52. The number of nitrogens with zero attached hydrogens (tertiary/aromatic N) is 4. The lowest BCUT2D eigenvalue weighted by Gasteiger charge is -2.61. The summed E-state index contributed by atoms with van der Waals surface area (Å²) in [7, 11) is 0. The van der Waals surface area contributed by atoms with Gasteiger partial charge in [0.25, 0.3) is 0 Å². The van der Waals surface area contributed by atoms with Crippen LogP contribution in [-0.4, -0.2) is 73.5 Å². The molecule has 6 rings (SSSR count). The average molecular weight is 519 g/mol. The van der Waals surface area contributed by atoms with E-state index in [1.54, 1.807) is 17.0 Å². The Morgan fingerprint density at radius 3 is 2.59 bits per heavy atom. The molecule has 7 nitrogen and oxygen atoms in total. The molecule has 1 aromatic carbocycles. The zero-order valence-corrected chi connectivity index (χ0v) is 21.0. The van der Waals surface area contributed by atoms with Crippen molar-refractivity contribution in [3.8, 4) is 5.75 Å². The maximum Gasteiger partial charge on any atom is 0.435 e. The van der Waals surface area contributed by atoms with E-state index in [0.717, 1.165) is 35.3 Å². The fraction of sp³-hybridized carbons (Fsp3) is 0.630. The number of benzene rings is 1. The van der Waals surface area contributed by atoms with E-state index in [2.05, 4.69) is 10.00 Å². The minimum atomic E-state index is -4.57. The fourth-order valence-corrected chi connectivity index (χ4v) is 7.24. The quantitative estimate of drug-likeness (QED) is 0.650. The van der Waals surface area contributed by atoms with Gasteiger partial charge >= 0.3 is 6.18 Å². The Morgan fingerprint density at radius 1 is 1.16 bits per heavy atom. The van der Waals surface area contributed by atoms with Crippen LogP contribution in [0.2, 0.25) is 0 Å². The molecule has 0 unspecified atom stereocenters. The normalized spacial score (nSPS) is 30.0. The van der Waals surface area contributed by atoms with Crippen LogP contribution >= 0.6 is 0 Å². The average Bonchev–Trinajstić information content (AvgIpc) is 3.58. The molecule has 2 aromatic rings. The molecule has 1 amide bonds. The van der Waals surface area contributed by atoms with Crippen LogP contribution in [0.1, 0.15) is 54.5 Å². The van der Waals surface area contributed by atoms with Crippen molar-refractivity contribution in [2.75, 3.05) is 26.2 Å². The summed E-state index contributed by atoms with van der Waals surface area (Å²) >= 11 is 0. The summed E-state index contributed by atoms with van der Waals surface area (Å²) in [5, 5.41) is 26.5. The first-order valence-electron chi connectivity index (χ1n) is 13.2. The van der Waals surface area contributed by atoms with E-state index >= 15 is 0 Å². The van der Waals surface area contributed by atoms with Crippen molar-refractivity contribution in [2.24, 2.45) is 5.92 Å². The Kier molecular flexibility index (Phi) is 5.65. The zero-order valence-electron chi connectivity index (χ0n) is 21.0. The number of aliphatic hydroxyl groups is 1. The summed E-state index contributed by atoms with van der Waals surface area (Å²) in [4.78, 5) is 17.4. The zero-order chi connectivity index (χ0) is 26.2. The number of aromatic nitrogens is 2. The number of hydrogen-bond donors (Lipinski definition) is 2. The number of phenols is 1. The number of aryl methyl sites for hydroxylation is 1. The molecule has 4 aliphatic rings. The molecular weight excluding hydrogens is 485 g/mol. The Bertz CT molecular complexity index is 1230. The number of fused-ring (bicyclic) bond motifs is 1. The van der Waals surface area contributed by atoms with Gasteiger partial charge in [-0.25, -0.2) is 0 Å². The van der Waals surface area contributed by atoms with Crippen LogP contribution in [0.15, 0.2) is 24.4 Å². The summed E-state index contributed by atoms with van der Waals surface area (Å²) in [5.41, 5.74) is -0.539. The van der Waals surface area contributed by atoms with Crippen LogP contribution in [-0.2, 0) is 29.4 Å². The molecule has 37 heavy (non-hydrogen) atoms. The number of piperidine rings is 1. The van der Waals surface area contributed by atoms with Crippen LogP contribution < -0.4 is 0 Å². The van der Waals surface area contributed by atoms with Gasteiger partial charge in [-0.05, 0) is 86.7 Å². The maximum absolute atomic E-state index is 13.3. The van der Waals surface area contributed by atoms with Crippen molar-refractivity contribution in [3.63, 3.8) is 0 Å². The van der Waals surface area contributed by atoms with Crippen molar-refractivity contribution >= 4 is 5.91 Å². The van der Waals surface area contributed by atoms with Crippen molar-refractivity contribution in [1.82, 2.24) is 19.6 Å². The third-order valence-corrected chi connectivity index (χ3v) is 9.29. The second-order valence-corrected chi connectivity index (χ2v) is 11.5. The molecule has 200 valence electrons. The summed E-state index contributed by atoms with van der Waals surface area (Å²) < 4.78 is 40.6. The minimum Gasteiger partial charge on any atom is -0.508 e. The van der Waals surface area contributed by atoms with Crippen LogP contribution in [0.4, 0.5) is 13.2 Å². The van der Waals surface area contributed by atoms with Gasteiger partial charge in [-0.15, -0.1) is 0 Å². The molecule has 10 heteroatoms. The van der Waals surface area contributed by atoms with Gasteiger partial charge in [0.15, 0.2) is 5.69 Å². The first-order chi connectivity index (χ1) is 17.5. The van der Waals surface area contributed by atoms with E-state index in [1.165, 1.54) is 26.0 Å². The summed E-state index contributed by atoms with van der Waals surface area (Å²) in [6.07, 6.45) is 1.48. The molecule has 3 fully saturated rings. The van der Waals surface area contributed by atoms with Gasteiger partial charge in [-0.2, -0.15) is 18.3 Å². The Hall–Kier alpha value is -2.59. The van der Waals surface area contributed by atoms with E-state index in [0.29, 0.717) is 38.3 Å². The number of halogens is 3. The summed E-state index contributed by atoms with van der Waals surface area (Å²) in [5.74, 6) is 0.539. The molecule has 3 atom stereocenters. The molecule has 2 N–H and O–H groups in total. The van der Waals surface area contributed by atoms with Gasteiger partial charge in [0.2, 0.25) is 5.91 Å². The van der Waals surface area contributed by atoms with Gasteiger partial charge in [0, 0.05) is 37.3 Å². The molecule has 2 aliphatic heterocycles. The first-order valence-corrected chi connectivity index (χ1v) is 13.2. The number of amides is 1. The number of likely N-dealkylation sites (tertiary alicyclic amines) is 2. The smallest absolute Gasteiger partial charge is 0.435 e. The second-order valence-electron chi connectivity index (χ2n) is 11.5. The van der Waals surface area contributed by atoms with E-state index in [4.69, 9.17) is 0 Å². The lowest BCUT2D eigenvalue weighted by molar-refractivity contribution is -0.149.